The van der Waals surface area contributed by atoms with E-state index in [-0.39, 0.29) is 5.56 Å². The second kappa shape index (κ2) is 6.50. The molecule has 0 heterocycles. The number of ether oxygens (including phenoxy) is 1. The Balaban J connectivity index is 2.23. The van der Waals surface area contributed by atoms with E-state index in [2.05, 4.69) is 0 Å². The minimum Gasteiger partial charge on any atom is -0.495 e. The summed E-state index contributed by atoms with van der Waals surface area (Å²) in [5.74, 6) is -0.209. The minimum atomic E-state index is -0.985. The molecule has 0 aromatic heterocycles. The fourth-order valence-electron chi connectivity index (χ4n) is 2.09. The molecule has 0 aliphatic heterocycles. The Labute approximate surface area is 128 Å². The van der Waals surface area contributed by atoms with Crippen LogP contribution in [0.5, 0.6) is 5.75 Å². The lowest BCUT2D eigenvalue weighted by Gasteiger charge is -2.22. The first-order valence-electron chi connectivity index (χ1n) is 6.39. The second-order valence-electron chi connectivity index (χ2n) is 4.64. The summed E-state index contributed by atoms with van der Waals surface area (Å²) < 4.78 is 5.33. The molecule has 0 saturated carbocycles. The van der Waals surface area contributed by atoms with Crippen molar-refractivity contribution in [2.24, 2.45) is 0 Å². The Kier molecular flexibility index (Phi) is 4.70. The average Bonchev–Trinajstić information content (AvgIpc) is 2.48. The molecular weight excluding hydrogens is 290 g/mol. The van der Waals surface area contributed by atoms with Crippen molar-refractivity contribution in [1.82, 2.24) is 0 Å². The lowest BCUT2D eigenvalue weighted by molar-refractivity contribution is 0.0697. The molecule has 110 valence electrons. The molecule has 2 aromatic carbocycles. The van der Waals surface area contributed by atoms with Crippen molar-refractivity contribution in [3.8, 4) is 5.75 Å². The van der Waals surface area contributed by atoms with Gasteiger partial charge >= 0.3 is 5.97 Å². The van der Waals surface area contributed by atoms with E-state index >= 15 is 0 Å². The number of hydrogen-bond acceptors (Lipinski definition) is 3. The molecule has 0 fully saturated rings. The maximum atomic E-state index is 10.9. The maximum absolute atomic E-state index is 10.9. The van der Waals surface area contributed by atoms with Gasteiger partial charge in [0.2, 0.25) is 0 Å². The van der Waals surface area contributed by atoms with Crippen LogP contribution in [0, 0.1) is 0 Å². The third-order valence-corrected chi connectivity index (χ3v) is 3.56. The zero-order chi connectivity index (χ0) is 15.4. The highest BCUT2D eigenvalue weighted by molar-refractivity contribution is 6.31. The zero-order valence-electron chi connectivity index (χ0n) is 11.8. The normalized spacial score (nSPS) is 10.2. The van der Waals surface area contributed by atoms with Gasteiger partial charge in [0.1, 0.15) is 5.75 Å². The first-order chi connectivity index (χ1) is 10.0. The predicted octanol–water partition coefficient (Wildman–Crippen LogP) is 3.68. The molecule has 0 bridgehead atoms. The summed E-state index contributed by atoms with van der Waals surface area (Å²) in [5.41, 5.74) is 1.98. The van der Waals surface area contributed by atoms with Gasteiger partial charge in [-0.25, -0.2) is 4.79 Å². The molecule has 0 unspecified atom stereocenters. The number of aromatic carboxylic acids is 1. The van der Waals surface area contributed by atoms with Crippen LogP contribution in [0.25, 0.3) is 0 Å². The number of carboxylic acids is 1. The van der Waals surface area contributed by atoms with Gasteiger partial charge in [0.05, 0.1) is 18.4 Å². The SMILES string of the molecule is COc1ccccc1N(C)Cc1ccc(C(=O)O)cc1Cl. The highest BCUT2D eigenvalue weighted by Crippen LogP contribution is 2.29. The van der Waals surface area contributed by atoms with Crippen LogP contribution < -0.4 is 9.64 Å². The van der Waals surface area contributed by atoms with Gasteiger partial charge < -0.3 is 14.7 Å². The van der Waals surface area contributed by atoms with Gasteiger partial charge in [-0.15, -0.1) is 0 Å². The van der Waals surface area contributed by atoms with Crippen LogP contribution >= 0.6 is 11.6 Å². The van der Waals surface area contributed by atoms with Crippen LogP contribution in [0.15, 0.2) is 42.5 Å². The molecule has 1 N–H and O–H groups in total. The molecule has 5 heteroatoms. The first-order valence-corrected chi connectivity index (χ1v) is 6.76. The van der Waals surface area contributed by atoms with E-state index in [1.165, 1.54) is 6.07 Å². The van der Waals surface area contributed by atoms with Crippen LogP contribution in [0.3, 0.4) is 0 Å². The van der Waals surface area contributed by atoms with E-state index in [9.17, 15) is 4.79 Å². The number of carboxylic acid groups (broad SMARTS) is 1. The molecule has 0 aliphatic carbocycles. The molecule has 2 aromatic rings. The van der Waals surface area contributed by atoms with Gasteiger partial charge in [-0.3, -0.25) is 0 Å². The highest BCUT2D eigenvalue weighted by Gasteiger charge is 2.11. The molecule has 0 amide bonds. The van der Waals surface area contributed by atoms with Crippen LogP contribution in [0.1, 0.15) is 15.9 Å². The Hall–Kier alpha value is -2.20. The second-order valence-corrected chi connectivity index (χ2v) is 5.05. The quantitative estimate of drug-likeness (QED) is 0.915. The van der Waals surface area contributed by atoms with E-state index in [0.717, 1.165) is 17.0 Å². The van der Waals surface area contributed by atoms with Crippen molar-refractivity contribution >= 4 is 23.3 Å². The van der Waals surface area contributed by atoms with Gasteiger partial charge in [-0.2, -0.15) is 0 Å². The summed E-state index contributed by atoms with van der Waals surface area (Å²) in [4.78, 5) is 12.9. The van der Waals surface area contributed by atoms with Gasteiger partial charge in [0.25, 0.3) is 0 Å². The van der Waals surface area contributed by atoms with Gasteiger partial charge in [-0.1, -0.05) is 29.8 Å². The molecular formula is C16H16ClNO3. The first kappa shape index (κ1) is 15.2. The summed E-state index contributed by atoms with van der Waals surface area (Å²) in [6.45, 7) is 0.555. The molecule has 0 spiro atoms. The number of rotatable bonds is 5. The predicted molar refractivity (Wildman–Crippen MR) is 83.5 cm³/mol. The lowest BCUT2D eigenvalue weighted by atomic mass is 10.1. The Morgan fingerprint density at radius 1 is 1.29 bits per heavy atom. The summed E-state index contributed by atoms with van der Waals surface area (Å²) in [7, 11) is 3.56. The number of para-hydroxylation sites is 2. The molecule has 0 radical (unpaired) electrons. The van der Waals surface area contributed by atoms with E-state index in [1.54, 1.807) is 19.2 Å². The van der Waals surface area contributed by atoms with Crippen LogP contribution in [0.2, 0.25) is 5.02 Å². The summed E-state index contributed by atoms with van der Waals surface area (Å²) in [6.07, 6.45) is 0. The van der Waals surface area contributed by atoms with Crippen LogP contribution in [-0.4, -0.2) is 25.2 Å². The fraction of sp³-hybridized carbons (Fsp3) is 0.188. The third kappa shape index (κ3) is 3.47. The van der Waals surface area contributed by atoms with E-state index in [4.69, 9.17) is 21.4 Å². The monoisotopic (exact) mass is 305 g/mol. The molecule has 21 heavy (non-hydrogen) atoms. The number of anilines is 1. The summed E-state index contributed by atoms with van der Waals surface area (Å²) in [5, 5.41) is 9.38. The van der Waals surface area contributed by atoms with Crippen molar-refractivity contribution < 1.29 is 14.6 Å². The van der Waals surface area contributed by atoms with Crippen LogP contribution in [-0.2, 0) is 6.54 Å². The van der Waals surface area contributed by atoms with Gasteiger partial charge in [0, 0.05) is 18.6 Å². The number of hydrogen-bond donors (Lipinski definition) is 1. The molecule has 0 atom stereocenters. The van der Waals surface area contributed by atoms with Crippen molar-refractivity contribution in [1.29, 1.82) is 0 Å². The van der Waals surface area contributed by atoms with E-state index in [0.29, 0.717) is 11.6 Å². The third-order valence-electron chi connectivity index (χ3n) is 3.20. The van der Waals surface area contributed by atoms with Gasteiger partial charge in [0.15, 0.2) is 0 Å². The molecule has 0 saturated heterocycles. The topological polar surface area (TPSA) is 49.8 Å². The lowest BCUT2D eigenvalue weighted by Crippen LogP contribution is -2.17. The Morgan fingerprint density at radius 3 is 2.62 bits per heavy atom. The van der Waals surface area contributed by atoms with E-state index in [1.807, 2.05) is 36.2 Å². The molecule has 0 aliphatic rings. The number of benzene rings is 2. The van der Waals surface area contributed by atoms with Gasteiger partial charge in [-0.05, 0) is 29.8 Å². The molecule has 2 rings (SSSR count). The largest absolute Gasteiger partial charge is 0.495 e. The van der Waals surface area contributed by atoms with Crippen molar-refractivity contribution in [2.45, 2.75) is 6.54 Å². The summed E-state index contributed by atoms with van der Waals surface area (Å²) >= 11 is 6.16. The fourth-order valence-corrected chi connectivity index (χ4v) is 2.33. The summed E-state index contributed by atoms with van der Waals surface area (Å²) in [6, 6.07) is 12.4. The number of carbonyl (C=O) groups is 1. The van der Waals surface area contributed by atoms with Crippen molar-refractivity contribution in [3.63, 3.8) is 0 Å². The van der Waals surface area contributed by atoms with Crippen molar-refractivity contribution in [3.05, 3.63) is 58.6 Å². The minimum absolute atomic E-state index is 0.184. The smallest absolute Gasteiger partial charge is 0.335 e. The maximum Gasteiger partial charge on any atom is 0.335 e. The zero-order valence-corrected chi connectivity index (χ0v) is 12.6. The Bertz CT molecular complexity index is 658. The van der Waals surface area contributed by atoms with Crippen molar-refractivity contribution in [2.75, 3.05) is 19.1 Å². The van der Waals surface area contributed by atoms with Crippen LogP contribution in [0.4, 0.5) is 5.69 Å². The standard InChI is InChI=1S/C16H16ClNO3/c1-18(14-5-3-4-6-15(14)21-2)10-12-8-7-11(16(19)20)9-13(12)17/h3-9H,10H2,1-2H3,(H,19,20). The van der Waals surface area contributed by atoms with E-state index < -0.39 is 5.97 Å². The highest BCUT2D eigenvalue weighted by atomic mass is 35.5. The number of methoxy groups -OCH3 is 1. The average molecular weight is 306 g/mol. The number of halogens is 1. The molecule has 4 nitrogen and oxygen atoms in total. The number of nitrogens with zero attached hydrogens (tertiary/aromatic N) is 1. The Morgan fingerprint density at radius 2 is 2.00 bits per heavy atom.